The molecule has 0 aliphatic carbocycles. The van der Waals surface area contributed by atoms with Gasteiger partial charge in [-0.2, -0.15) is 0 Å². The molecule has 0 saturated heterocycles. The number of pyridine rings is 1. The van der Waals surface area contributed by atoms with Crippen molar-refractivity contribution >= 4 is 20.9 Å². The maximum Gasteiger partial charge on any atom is 0.276 e. The lowest BCUT2D eigenvalue weighted by Crippen LogP contribution is -2.24. The monoisotopic (exact) mass is 452 g/mol. The molecule has 0 radical (unpaired) electrons. The Bertz CT molecular complexity index is 1440. The highest BCUT2D eigenvalue weighted by molar-refractivity contribution is 7.90. The first-order valence-corrected chi connectivity index (χ1v) is 11.5. The van der Waals surface area contributed by atoms with E-state index in [2.05, 4.69) is 0 Å². The second-order valence-corrected chi connectivity index (χ2v) is 9.24. The summed E-state index contributed by atoms with van der Waals surface area (Å²) in [7, 11) is -0.835. The predicted octanol–water partition coefficient (Wildman–Crippen LogP) is 4.05. The van der Waals surface area contributed by atoms with Gasteiger partial charge in [0.2, 0.25) is 0 Å². The lowest BCUT2D eigenvalue weighted by Gasteiger charge is -2.13. The van der Waals surface area contributed by atoms with Crippen LogP contribution >= 0.6 is 0 Å². The standard InChI is InChI=1S/C24H24N2O5S/c1-5-25-15-22(17-12-18(30-3)14-19(13-17)31-4)21-10-11-26(23(21)24(25)27)32(28,29)20-8-6-16(2)7-9-20/h6-15H,5H2,1-4H3. The van der Waals surface area contributed by atoms with E-state index in [0.717, 1.165) is 15.1 Å². The van der Waals surface area contributed by atoms with E-state index in [9.17, 15) is 13.2 Å². The number of methoxy groups -OCH3 is 2. The highest BCUT2D eigenvalue weighted by Gasteiger charge is 2.23. The van der Waals surface area contributed by atoms with Crippen molar-refractivity contribution in [1.82, 2.24) is 8.54 Å². The molecule has 0 bridgehead atoms. The molecule has 0 unspecified atom stereocenters. The highest BCUT2D eigenvalue weighted by atomic mass is 32.2. The molecule has 0 fully saturated rings. The summed E-state index contributed by atoms with van der Waals surface area (Å²) >= 11 is 0. The molecule has 7 nitrogen and oxygen atoms in total. The topological polar surface area (TPSA) is 79.5 Å². The van der Waals surface area contributed by atoms with E-state index in [1.807, 2.05) is 26.0 Å². The number of aryl methyl sites for hydroxylation is 2. The molecule has 2 heterocycles. The fourth-order valence-electron chi connectivity index (χ4n) is 3.71. The Balaban J connectivity index is 2.03. The number of fused-ring (bicyclic) bond motifs is 1. The molecule has 0 aliphatic heterocycles. The molecule has 0 spiro atoms. The zero-order valence-corrected chi connectivity index (χ0v) is 19.1. The van der Waals surface area contributed by atoms with Gasteiger partial charge in [0.05, 0.1) is 19.1 Å². The number of hydrogen-bond donors (Lipinski definition) is 0. The third kappa shape index (κ3) is 3.56. The first kappa shape index (κ1) is 21.7. The van der Waals surface area contributed by atoms with Crippen LogP contribution in [0.15, 0.2) is 70.6 Å². The summed E-state index contributed by atoms with van der Waals surface area (Å²) in [6.07, 6.45) is 3.17. The van der Waals surface area contributed by atoms with Crippen LogP contribution < -0.4 is 15.0 Å². The molecule has 2 aromatic carbocycles. The van der Waals surface area contributed by atoms with E-state index < -0.39 is 10.0 Å². The van der Waals surface area contributed by atoms with Gasteiger partial charge in [-0.1, -0.05) is 17.7 Å². The van der Waals surface area contributed by atoms with Crippen LogP contribution in [-0.2, 0) is 16.6 Å². The SMILES string of the molecule is CCn1cc(-c2cc(OC)cc(OC)c2)c2ccn(S(=O)(=O)c3ccc(C)cc3)c2c1=O. The van der Waals surface area contributed by atoms with Gasteiger partial charge >= 0.3 is 0 Å². The van der Waals surface area contributed by atoms with Crippen molar-refractivity contribution in [3.05, 3.63) is 76.8 Å². The van der Waals surface area contributed by atoms with E-state index in [0.29, 0.717) is 29.0 Å². The van der Waals surface area contributed by atoms with Crippen LogP contribution in [0.1, 0.15) is 12.5 Å². The van der Waals surface area contributed by atoms with Crippen molar-refractivity contribution in [3.63, 3.8) is 0 Å². The lowest BCUT2D eigenvalue weighted by molar-refractivity contribution is 0.394. The Kier molecular flexibility index (Phi) is 5.56. The molecule has 8 heteroatoms. The zero-order chi connectivity index (χ0) is 23.0. The van der Waals surface area contributed by atoms with Gasteiger partial charge < -0.3 is 14.0 Å². The third-order valence-corrected chi connectivity index (χ3v) is 7.16. The smallest absolute Gasteiger partial charge is 0.276 e. The van der Waals surface area contributed by atoms with Gasteiger partial charge in [-0.25, -0.2) is 12.4 Å². The Morgan fingerprint density at radius 1 is 0.938 bits per heavy atom. The molecule has 2 aromatic heterocycles. The number of benzene rings is 2. The predicted molar refractivity (Wildman–Crippen MR) is 124 cm³/mol. The van der Waals surface area contributed by atoms with E-state index in [-0.39, 0.29) is 16.0 Å². The largest absolute Gasteiger partial charge is 0.497 e. The van der Waals surface area contributed by atoms with Gasteiger partial charge in [0.1, 0.15) is 17.0 Å². The Hall–Kier alpha value is -3.52. The maximum atomic E-state index is 13.4. The molecule has 4 rings (SSSR count). The van der Waals surface area contributed by atoms with Crippen molar-refractivity contribution in [2.24, 2.45) is 0 Å². The zero-order valence-electron chi connectivity index (χ0n) is 18.3. The molecule has 0 saturated carbocycles. The van der Waals surface area contributed by atoms with Gasteiger partial charge in [-0.15, -0.1) is 0 Å². The maximum absolute atomic E-state index is 13.4. The quantitative estimate of drug-likeness (QED) is 0.441. The van der Waals surface area contributed by atoms with Gasteiger partial charge in [0.25, 0.3) is 15.6 Å². The molecule has 0 aliphatic rings. The molecule has 32 heavy (non-hydrogen) atoms. The average molecular weight is 453 g/mol. The van der Waals surface area contributed by atoms with Crippen molar-refractivity contribution in [2.45, 2.75) is 25.3 Å². The van der Waals surface area contributed by atoms with Crippen molar-refractivity contribution in [2.75, 3.05) is 14.2 Å². The van der Waals surface area contributed by atoms with E-state index in [4.69, 9.17) is 9.47 Å². The lowest BCUT2D eigenvalue weighted by atomic mass is 10.0. The van der Waals surface area contributed by atoms with E-state index in [1.165, 1.54) is 10.8 Å². The fourth-order valence-corrected chi connectivity index (χ4v) is 5.06. The summed E-state index contributed by atoms with van der Waals surface area (Å²) in [5, 5.41) is 0.533. The average Bonchev–Trinajstić information content (AvgIpc) is 3.26. The van der Waals surface area contributed by atoms with Gasteiger partial charge in [-0.3, -0.25) is 4.79 Å². The summed E-state index contributed by atoms with van der Waals surface area (Å²) in [6, 6.07) is 13.6. The van der Waals surface area contributed by atoms with E-state index in [1.54, 1.807) is 56.8 Å². The number of hydrogen-bond acceptors (Lipinski definition) is 5. The summed E-state index contributed by atoms with van der Waals surface area (Å²) in [5.74, 6) is 1.18. The molecule has 166 valence electrons. The fraction of sp³-hybridized carbons (Fsp3) is 0.208. The molecule has 0 amide bonds. The van der Waals surface area contributed by atoms with Crippen LogP contribution in [0.4, 0.5) is 0 Å². The van der Waals surface area contributed by atoms with Gasteiger partial charge in [0, 0.05) is 36.0 Å². The van der Waals surface area contributed by atoms with Crippen LogP contribution in [0.25, 0.3) is 22.0 Å². The van der Waals surface area contributed by atoms with Crippen LogP contribution in [0.5, 0.6) is 11.5 Å². The Labute approximate surface area is 186 Å². The van der Waals surface area contributed by atoms with Crippen LogP contribution in [0, 0.1) is 6.92 Å². The summed E-state index contributed by atoms with van der Waals surface area (Å²) in [6.45, 7) is 4.11. The molecule has 4 aromatic rings. The van der Waals surface area contributed by atoms with Crippen molar-refractivity contribution < 1.29 is 17.9 Å². The van der Waals surface area contributed by atoms with Crippen LogP contribution in [0.2, 0.25) is 0 Å². The third-order valence-electron chi connectivity index (χ3n) is 5.47. The molecule has 0 N–H and O–H groups in total. The molecule has 0 atom stereocenters. The minimum Gasteiger partial charge on any atom is -0.497 e. The molecular weight excluding hydrogens is 428 g/mol. The van der Waals surface area contributed by atoms with Crippen molar-refractivity contribution in [1.29, 1.82) is 0 Å². The van der Waals surface area contributed by atoms with Crippen LogP contribution in [-0.4, -0.2) is 31.2 Å². The Morgan fingerprint density at radius 2 is 1.56 bits per heavy atom. The number of nitrogens with zero attached hydrogens (tertiary/aromatic N) is 2. The number of rotatable bonds is 6. The second kappa shape index (κ2) is 8.20. The number of aromatic nitrogens is 2. The number of ether oxygens (including phenoxy) is 2. The first-order valence-electron chi connectivity index (χ1n) is 10.1. The summed E-state index contributed by atoms with van der Waals surface area (Å²) in [4.78, 5) is 13.4. The highest BCUT2D eigenvalue weighted by Crippen LogP contribution is 2.34. The molecular formula is C24H24N2O5S. The normalized spacial score (nSPS) is 11.6. The van der Waals surface area contributed by atoms with Crippen LogP contribution in [0.3, 0.4) is 0 Å². The second-order valence-electron chi connectivity index (χ2n) is 7.43. The van der Waals surface area contributed by atoms with Crippen molar-refractivity contribution in [3.8, 4) is 22.6 Å². The summed E-state index contributed by atoms with van der Waals surface area (Å²) in [5.41, 5.74) is 2.13. The van der Waals surface area contributed by atoms with Gasteiger partial charge in [-0.05, 0) is 49.7 Å². The minimum absolute atomic E-state index is 0.103. The first-order chi connectivity index (χ1) is 15.3. The van der Waals surface area contributed by atoms with Gasteiger partial charge in [0.15, 0.2) is 0 Å². The minimum atomic E-state index is -3.96. The Morgan fingerprint density at radius 3 is 2.12 bits per heavy atom. The summed E-state index contributed by atoms with van der Waals surface area (Å²) < 4.78 is 40.1. The van der Waals surface area contributed by atoms with E-state index >= 15 is 0 Å².